The van der Waals surface area contributed by atoms with Crippen molar-refractivity contribution in [1.82, 2.24) is 10.6 Å². The van der Waals surface area contributed by atoms with E-state index in [1.807, 2.05) is 31.2 Å². The summed E-state index contributed by atoms with van der Waals surface area (Å²) in [6.07, 6.45) is 0. The highest BCUT2D eigenvalue weighted by Crippen LogP contribution is 2.11. The molecule has 1 rings (SSSR count). The van der Waals surface area contributed by atoms with Crippen LogP contribution >= 0.6 is 11.6 Å². The molecule has 19 heavy (non-hydrogen) atoms. The summed E-state index contributed by atoms with van der Waals surface area (Å²) in [5.74, 6) is 0.214. The molecule has 0 heterocycles. The van der Waals surface area contributed by atoms with Gasteiger partial charge in [-0.15, -0.1) is 11.6 Å². The van der Waals surface area contributed by atoms with Crippen LogP contribution in [0.5, 0.6) is 5.75 Å². The molecule has 0 bridgehead atoms. The Morgan fingerprint density at radius 3 is 2.79 bits per heavy atom. The van der Waals surface area contributed by atoms with Crippen molar-refractivity contribution in [3.8, 4) is 5.75 Å². The molecule has 104 valence electrons. The summed E-state index contributed by atoms with van der Waals surface area (Å²) < 4.78 is 5.44. The summed E-state index contributed by atoms with van der Waals surface area (Å²) in [6.45, 7) is 4.08. The number of imide groups is 1. The smallest absolute Gasteiger partial charge is 0.321 e. The molecule has 1 aromatic carbocycles. The number of carbonyl (C=O) groups excluding carboxylic acids is 2. The lowest BCUT2D eigenvalue weighted by atomic mass is 10.2. The zero-order valence-corrected chi connectivity index (χ0v) is 11.7. The first-order chi connectivity index (χ1) is 8.99. The van der Waals surface area contributed by atoms with Gasteiger partial charge in [-0.25, -0.2) is 4.79 Å². The molecule has 2 N–H and O–H groups in total. The maximum atomic E-state index is 11.3. The molecule has 0 aliphatic rings. The third kappa shape index (κ3) is 6.10. The van der Waals surface area contributed by atoms with Crippen LogP contribution in [-0.4, -0.2) is 30.5 Å². The lowest BCUT2D eigenvalue weighted by Crippen LogP contribution is -2.43. The van der Waals surface area contributed by atoms with Crippen LogP contribution in [0.2, 0.25) is 0 Å². The molecular formula is C13H17ClN2O3. The van der Waals surface area contributed by atoms with Crippen molar-refractivity contribution in [2.45, 2.75) is 19.2 Å². The fourth-order valence-corrected chi connectivity index (χ4v) is 1.35. The van der Waals surface area contributed by atoms with E-state index in [9.17, 15) is 9.59 Å². The van der Waals surface area contributed by atoms with Crippen LogP contribution in [0.15, 0.2) is 24.3 Å². The third-order valence-corrected chi connectivity index (χ3v) is 2.44. The molecule has 0 radical (unpaired) electrons. The number of halogens is 1. The van der Waals surface area contributed by atoms with Gasteiger partial charge in [-0.05, 0) is 31.5 Å². The molecule has 0 saturated heterocycles. The number of rotatable bonds is 5. The van der Waals surface area contributed by atoms with E-state index in [2.05, 4.69) is 10.6 Å². The summed E-state index contributed by atoms with van der Waals surface area (Å²) in [7, 11) is 0. The van der Waals surface area contributed by atoms with E-state index in [0.717, 1.165) is 11.3 Å². The second kappa shape index (κ2) is 7.63. The first-order valence-corrected chi connectivity index (χ1v) is 6.35. The first kappa shape index (κ1) is 15.3. The number of nitrogens with one attached hydrogen (secondary N) is 2. The Labute approximate surface area is 117 Å². The predicted molar refractivity (Wildman–Crippen MR) is 73.5 cm³/mol. The molecule has 0 fully saturated rings. The molecule has 1 aromatic rings. The quantitative estimate of drug-likeness (QED) is 0.640. The molecule has 0 aliphatic heterocycles. The summed E-state index contributed by atoms with van der Waals surface area (Å²) in [6, 6.07) is 7.03. The molecule has 5 nitrogen and oxygen atoms in total. The molecule has 0 aromatic heterocycles. The van der Waals surface area contributed by atoms with Gasteiger partial charge in [0.05, 0.1) is 6.54 Å². The van der Waals surface area contributed by atoms with Gasteiger partial charge in [0.2, 0.25) is 5.91 Å². The Hall–Kier alpha value is -1.75. The number of hydrogen-bond donors (Lipinski definition) is 2. The van der Waals surface area contributed by atoms with Crippen molar-refractivity contribution in [3.63, 3.8) is 0 Å². The third-order valence-electron chi connectivity index (χ3n) is 2.24. The van der Waals surface area contributed by atoms with Crippen molar-refractivity contribution in [1.29, 1.82) is 0 Å². The second-order valence-corrected chi connectivity index (χ2v) is 4.68. The standard InChI is InChI=1S/C13H17ClN2O3/c1-9-4-3-5-11(8-9)19-7-6-15-13(18)16-12(17)10(2)14/h3-5,8,10H,6-7H2,1-2H3,(H2,15,16,17,18). The maximum Gasteiger partial charge on any atom is 0.321 e. The van der Waals surface area contributed by atoms with E-state index in [1.165, 1.54) is 6.92 Å². The van der Waals surface area contributed by atoms with Crippen molar-refractivity contribution >= 4 is 23.5 Å². The lowest BCUT2D eigenvalue weighted by Gasteiger charge is -2.09. The van der Waals surface area contributed by atoms with Crippen LogP contribution in [-0.2, 0) is 4.79 Å². The largest absolute Gasteiger partial charge is 0.492 e. The zero-order chi connectivity index (χ0) is 14.3. The van der Waals surface area contributed by atoms with Crippen molar-refractivity contribution in [2.24, 2.45) is 0 Å². The number of ether oxygens (including phenoxy) is 1. The van der Waals surface area contributed by atoms with Crippen molar-refractivity contribution < 1.29 is 14.3 Å². The molecule has 1 unspecified atom stereocenters. The molecule has 3 amide bonds. The van der Waals surface area contributed by atoms with Gasteiger partial charge in [0.25, 0.3) is 0 Å². The Morgan fingerprint density at radius 2 is 2.16 bits per heavy atom. The Kier molecular flexibility index (Phi) is 6.15. The number of carbonyl (C=O) groups is 2. The number of benzene rings is 1. The summed E-state index contributed by atoms with van der Waals surface area (Å²) in [4.78, 5) is 22.4. The van der Waals surface area contributed by atoms with Gasteiger partial charge >= 0.3 is 6.03 Å². The van der Waals surface area contributed by atoms with E-state index in [1.54, 1.807) is 0 Å². The zero-order valence-electron chi connectivity index (χ0n) is 10.9. The molecule has 6 heteroatoms. The lowest BCUT2D eigenvalue weighted by molar-refractivity contribution is -0.119. The van der Waals surface area contributed by atoms with Gasteiger partial charge < -0.3 is 10.1 Å². The van der Waals surface area contributed by atoms with Gasteiger partial charge in [0, 0.05) is 0 Å². The average molecular weight is 285 g/mol. The number of hydrogen-bond acceptors (Lipinski definition) is 3. The maximum absolute atomic E-state index is 11.3. The summed E-state index contributed by atoms with van der Waals surface area (Å²) in [5, 5.41) is 3.87. The molecule has 0 aliphatic carbocycles. The van der Waals surface area contributed by atoms with Crippen molar-refractivity contribution in [3.05, 3.63) is 29.8 Å². The minimum atomic E-state index is -0.741. The van der Waals surface area contributed by atoms with Crippen LogP contribution in [0, 0.1) is 6.92 Å². The minimum absolute atomic E-state index is 0.295. The highest BCUT2D eigenvalue weighted by molar-refractivity contribution is 6.31. The number of alkyl halides is 1. The Bertz CT molecular complexity index is 449. The SMILES string of the molecule is Cc1cccc(OCCNC(=O)NC(=O)C(C)Cl)c1. The van der Waals surface area contributed by atoms with Gasteiger partial charge in [0.1, 0.15) is 17.7 Å². The minimum Gasteiger partial charge on any atom is -0.492 e. The van der Waals surface area contributed by atoms with Crippen LogP contribution in [0.25, 0.3) is 0 Å². The Balaban J connectivity index is 2.20. The van der Waals surface area contributed by atoms with E-state index >= 15 is 0 Å². The first-order valence-electron chi connectivity index (χ1n) is 5.91. The van der Waals surface area contributed by atoms with Gasteiger partial charge in [-0.3, -0.25) is 10.1 Å². The van der Waals surface area contributed by atoms with Gasteiger partial charge in [-0.2, -0.15) is 0 Å². The molecular weight excluding hydrogens is 268 g/mol. The highest BCUT2D eigenvalue weighted by Gasteiger charge is 2.12. The molecule has 0 spiro atoms. The fraction of sp³-hybridized carbons (Fsp3) is 0.385. The van der Waals surface area contributed by atoms with E-state index in [0.29, 0.717) is 13.2 Å². The summed E-state index contributed by atoms with van der Waals surface area (Å²) >= 11 is 5.51. The summed E-state index contributed by atoms with van der Waals surface area (Å²) in [5.41, 5.74) is 1.10. The average Bonchev–Trinajstić information content (AvgIpc) is 2.34. The van der Waals surface area contributed by atoms with Gasteiger partial charge in [-0.1, -0.05) is 12.1 Å². The van der Waals surface area contributed by atoms with Crippen LogP contribution in [0.3, 0.4) is 0 Å². The molecule has 1 atom stereocenters. The van der Waals surface area contributed by atoms with Crippen molar-refractivity contribution in [2.75, 3.05) is 13.2 Å². The predicted octanol–water partition coefficient (Wildman–Crippen LogP) is 1.83. The fourth-order valence-electron chi connectivity index (χ4n) is 1.29. The normalized spacial score (nSPS) is 11.5. The van der Waals surface area contributed by atoms with Crippen LogP contribution < -0.4 is 15.4 Å². The monoisotopic (exact) mass is 284 g/mol. The van der Waals surface area contributed by atoms with Crippen LogP contribution in [0.1, 0.15) is 12.5 Å². The number of aryl methyl sites for hydroxylation is 1. The number of amides is 3. The van der Waals surface area contributed by atoms with E-state index < -0.39 is 17.3 Å². The highest BCUT2D eigenvalue weighted by atomic mass is 35.5. The molecule has 0 saturated carbocycles. The second-order valence-electron chi connectivity index (χ2n) is 4.03. The van der Waals surface area contributed by atoms with Crippen LogP contribution in [0.4, 0.5) is 4.79 Å². The Morgan fingerprint density at radius 1 is 1.42 bits per heavy atom. The van der Waals surface area contributed by atoms with E-state index in [-0.39, 0.29) is 0 Å². The topological polar surface area (TPSA) is 67.4 Å². The van der Waals surface area contributed by atoms with Gasteiger partial charge in [0.15, 0.2) is 0 Å². The number of urea groups is 1. The van der Waals surface area contributed by atoms with E-state index in [4.69, 9.17) is 16.3 Å².